The molecule has 4 heteroatoms. The number of nitrogens with zero attached hydrogens (tertiary/aromatic N) is 1. The van der Waals surface area contributed by atoms with Gasteiger partial charge < -0.3 is 20.5 Å². The summed E-state index contributed by atoms with van der Waals surface area (Å²) >= 11 is 0. The molecule has 3 N–H and O–H groups in total. The number of hydrogen-bond donors (Lipinski definition) is 2. The average Bonchev–Trinajstić information content (AvgIpc) is 2.31. The molecule has 4 nitrogen and oxygen atoms in total. The van der Waals surface area contributed by atoms with Crippen molar-refractivity contribution in [2.75, 3.05) is 30.3 Å². The lowest BCUT2D eigenvalue weighted by atomic mass is 10.1. The summed E-state index contributed by atoms with van der Waals surface area (Å²) in [5.74, 6) is 0.783. The normalized spacial score (nSPS) is 11.4. The van der Waals surface area contributed by atoms with Crippen LogP contribution >= 0.6 is 0 Å². The quantitative estimate of drug-likeness (QED) is 0.745. The van der Waals surface area contributed by atoms with Crippen LogP contribution in [0.25, 0.3) is 0 Å². The Bertz CT molecular complexity index is 400. The zero-order valence-electron chi connectivity index (χ0n) is 12.4. The first-order chi connectivity index (χ1) is 8.85. The van der Waals surface area contributed by atoms with Crippen LogP contribution in [0.15, 0.2) is 18.2 Å². The van der Waals surface area contributed by atoms with E-state index in [9.17, 15) is 5.11 Å². The first-order valence-corrected chi connectivity index (χ1v) is 6.86. The average molecular weight is 266 g/mol. The summed E-state index contributed by atoms with van der Waals surface area (Å²) in [7, 11) is 0. The van der Waals surface area contributed by atoms with Crippen molar-refractivity contribution in [1.29, 1.82) is 0 Å². The van der Waals surface area contributed by atoms with Crippen molar-refractivity contribution >= 4 is 11.4 Å². The van der Waals surface area contributed by atoms with Gasteiger partial charge in [-0.3, -0.25) is 0 Å². The van der Waals surface area contributed by atoms with Gasteiger partial charge in [-0.05, 0) is 33.3 Å². The van der Waals surface area contributed by atoms with Crippen molar-refractivity contribution in [3.8, 4) is 5.75 Å². The standard InChI is InChI=1S/C15H26N2O2/c1-5-7-19-14-9-12(16)8-13(10-14)17(6-2)11-15(3,4)18/h8-10,18H,5-7,11,16H2,1-4H3. The number of ether oxygens (including phenoxy) is 1. The lowest BCUT2D eigenvalue weighted by molar-refractivity contribution is 0.0876. The molecule has 0 heterocycles. The molecule has 0 saturated heterocycles. The highest BCUT2D eigenvalue weighted by Crippen LogP contribution is 2.26. The van der Waals surface area contributed by atoms with E-state index in [1.54, 1.807) is 13.8 Å². The first kappa shape index (κ1) is 15.6. The minimum Gasteiger partial charge on any atom is -0.493 e. The molecule has 0 aromatic heterocycles. The molecule has 0 fully saturated rings. The fourth-order valence-corrected chi connectivity index (χ4v) is 1.94. The first-order valence-electron chi connectivity index (χ1n) is 6.86. The van der Waals surface area contributed by atoms with E-state index < -0.39 is 5.60 Å². The monoisotopic (exact) mass is 266 g/mol. The molecule has 0 bridgehead atoms. The van der Waals surface area contributed by atoms with Crippen LogP contribution in [0.1, 0.15) is 34.1 Å². The van der Waals surface area contributed by atoms with E-state index in [0.29, 0.717) is 18.8 Å². The van der Waals surface area contributed by atoms with E-state index >= 15 is 0 Å². The molecule has 0 aliphatic heterocycles. The molecule has 0 saturated carbocycles. The second kappa shape index (κ2) is 6.66. The maximum absolute atomic E-state index is 9.96. The Morgan fingerprint density at radius 1 is 1.26 bits per heavy atom. The van der Waals surface area contributed by atoms with E-state index in [4.69, 9.17) is 10.5 Å². The second-order valence-electron chi connectivity index (χ2n) is 5.44. The van der Waals surface area contributed by atoms with Gasteiger partial charge in [0.05, 0.1) is 12.2 Å². The fourth-order valence-electron chi connectivity index (χ4n) is 1.94. The third kappa shape index (κ3) is 5.39. The minimum absolute atomic E-state index is 0.556. The van der Waals surface area contributed by atoms with Crippen molar-refractivity contribution in [3.63, 3.8) is 0 Å². The number of benzene rings is 1. The predicted molar refractivity (Wildman–Crippen MR) is 80.8 cm³/mol. The number of hydrogen-bond acceptors (Lipinski definition) is 4. The van der Waals surface area contributed by atoms with Crippen molar-refractivity contribution in [2.45, 2.75) is 39.7 Å². The van der Waals surface area contributed by atoms with Gasteiger partial charge in [-0.25, -0.2) is 0 Å². The number of nitrogen functional groups attached to an aromatic ring is 1. The van der Waals surface area contributed by atoms with Crippen molar-refractivity contribution in [2.24, 2.45) is 0 Å². The van der Waals surface area contributed by atoms with E-state index in [-0.39, 0.29) is 0 Å². The van der Waals surface area contributed by atoms with E-state index in [1.807, 2.05) is 18.2 Å². The van der Waals surface area contributed by atoms with Crippen LogP contribution in [0.2, 0.25) is 0 Å². The molecular weight excluding hydrogens is 240 g/mol. The van der Waals surface area contributed by atoms with Crippen molar-refractivity contribution < 1.29 is 9.84 Å². The highest BCUT2D eigenvalue weighted by Gasteiger charge is 2.18. The van der Waals surface area contributed by atoms with Gasteiger partial charge in [0.1, 0.15) is 5.75 Å². The molecule has 1 rings (SSSR count). The lowest BCUT2D eigenvalue weighted by Gasteiger charge is -2.30. The summed E-state index contributed by atoms with van der Waals surface area (Å²) in [6.07, 6.45) is 0.964. The van der Waals surface area contributed by atoms with Crippen LogP contribution < -0.4 is 15.4 Å². The van der Waals surface area contributed by atoms with Crippen LogP contribution in [0.5, 0.6) is 5.75 Å². The van der Waals surface area contributed by atoms with Crippen LogP contribution in [-0.2, 0) is 0 Å². The maximum Gasteiger partial charge on any atom is 0.123 e. The highest BCUT2D eigenvalue weighted by atomic mass is 16.5. The van der Waals surface area contributed by atoms with Gasteiger partial charge in [0, 0.05) is 36.6 Å². The molecule has 0 atom stereocenters. The van der Waals surface area contributed by atoms with Gasteiger partial charge in [0.2, 0.25) is 0 Å². The van der Waals surface area contributed by atoms with Crippen molar-refractivity contribution in [1.82, 2.24) is 0 Å². The van der Waals surface area contributed by atoms with Crippen molar-refractivity contribution in [3.05, 3.63) is 18.2 Å². The molecule has 1 aromatic rings. The van der Waals surface area contributed by atoms with E-state index in [2.05, 4.69) is 18.7 Å². The van der Waals surface area contributed by atoms with Gasteiger partial charge in [0.15, 0.2) is 0 Å². The number of rotatable bonds is 7. The second-order valence-corrected chi connectivity index (χ2v) is 5.44. The van der Waals surface area contributed by atoms with Crippen LogP contribution in [-0.4, -0.2) is 30.4 Å². The molecular formula is C15H26N2O2. The van der Waals surface area contributed by atoms with Gasteiger partial charge in [-0.2, -0.15) is 0 Å². The Kier molecular flexibility index (Phi) is 5.48. The van der Waals surface area contributed by atoms with Crippen LogP contribution in [0.3, 0.4) is 0 Å². The summed E-state index contributed by atoms with van der Waals surface area (Å²) in [6.45, 7) is 9.77. The Morgan fingerprint density at radius 3 is 2.47 bits per heavy atom. The topological polar surface area (TPSA) is 58.7 Å². The molecule has 1 aromatic carbocycles. The number of likely N-dealkylation sites (N-methyl/N-ethyl adjacent to an activating group) is 1. The van der Waals surface area contributed by atoms with E-state index in [1.165, 1.54) is 0 Å². The smallest absolute Gasteiger partial charge is 0.123 e. The van der Waals surface area contributed by atoms with Crippen LogP contribution in [0.4, 0.5) is 11.4 Å². The number of nitrogens with two attached hydrogens (primary N) is 1. The Labute approximate surface area is 116 Å². The lowest BCUT2D eigenvalue weighted by Crippen LogP contribution is -2.38. The summed E-state index contributed by atoms with van der Waals surface area (Å²) in [5, 5.41) is 9.96. The minimum atomic E-state index is -0.745. The Hall–Kier alpha value is -1.42. The summed E-state index contributed by atoms with van der Waals surface area (Å²) < 4.78 is 5.63. The molecule has 0 spiro atoms. The molecule has 0 amide bonds. The zero-order chi connectivity index (χ0) is 14.5. The van der Waals surface area contributed by atoms with Gasteiger partial charge in [-0.15, -0.1) is 0 Å². The maximum atomic E-state index is 9.96. The summed E-state index contributed by atoms with van der Waals surface area (Å²) in [4.78, 5) is 2.09. The number of anilines is 2. The Morgan fingerprint density at radius 2 is 1.95 bits per heavy atom. The molecule has 19 heavy (non-hydrogen) atoms. The highest BCUT2D eigenvalue weighted by molar-refractivity contribution is 5.60. The third-order valence-corrected chi connectivity index (χ3v) is 2.71. The SMILES string of the molecule is CCCOc1cc(N)cc(N(CC)CC(C)(C)O)c1. The zero-order valence-corrected chi connectivity index (χ0v) is 12.4. The third-order valence-electron chi connectivity index (χ3n) is 2.71. The molecule has 108 valence electrons. The summed E-state index contributed by atoms with van der Waals surface area (Å²) in [5.41, 5.74) is 6.83. The van der Waals surface area contributed by atoms with Gasteiger partial charge in [-0.1, -0.05) is 6.92 Å². The summed E-state index contributed by atoms with van der Waals surface area (Å²) in [6, 6.07) is 5.71. The molecule has 0 aliphatic carbocycles. The largest absolute Gasteiger partial charge is 0.493 e. The molecule has 0 radical (unpaired) electrons. The Balaban J connectivity index is 2.93. The van der Waals surface area contributed by atoms with Crippen LogP contribution in [0, 0.1) is 0 Å². The van der Waals surface area contributed by atoms with Gasteiger partial charge >= 0.3 is 0 Å². The van der Waals surface area contributed by atoms with Gasteiger partial charge in [0.25, 0.3) is 0 Å². The van der Waals surface area contributed by atoms with E-state index in [0.717, 1.165) is 24.4 Å². The predicted octanol–water partition coefficient (Wildman–Crippen LogP) is 2.65. The molecule has 0 aliphatic rings. The fraction of sp³-hybridized carbons (Fsp3) is 0.600. The molecule has 0 unspecified atom stereocenters. The number of aliphatic hydroxyl groups is 1.